The van der Waals surface area contributed by atoms with Gasteiger partial charge in [0.2, 0.25) is 0 Å². The number of amides is 2. The van der Waals surface area contributed by atoms with Crippen molar-refractivity contribution in [1.29, 1.82) is 0 Å². The number of hydrogen-bond acceptors (Lipinski definition) is 3. The zero-order valence-corrected chi connectivity index (χ0v) is 16.9. The highest BCUT2D eigenvalue weighted by atomic mass is 16.5. The molecule has 2 atom stereocenters. The van der Waals surface area contributed by atoms with E-state index in [-0.39, 0.29) is 18.1 Å². The Hall–Kier alpha value is -2.53. The number of carbonyl (C=O) groups excluding carboxylic acids is 1. The first kappa shape index (κ1) is 20.2. The summed E-state index contributed by atoms with van der Waals surface area (Å²) < 4.78 is 5.27. The Kier molecular flexibility index (Phi) is 7.31. The predicted molar refractivity (Wildman–Crippen MR) is 113 cm³/mol. The van der Waals surface area contributed by atoms with Crippen LogP contribution in [0.1, 0.15) is 36.9 Å². The molecule has 150 valence electrons. The average molecular weight is 382 g/mol. The summed E-state index contributed by atoms with van der Waals surface area (Å²) in [7, 11) is 1.66. The van der Waals surface area contributed by atoms with Crippen molar-refractivity contribution in [1.82, 2.24) is 15.5 Å². The van der Waals surface area contributed by atoms with E-state index in [0.717, 1.165) is 30.8 Å². The Morgan fingerprint density at radius 2 is 1.86 bits per heavy atom. The lowest BCUT2D eigenvalue weighted by atomic mass is 10.1. The van der Waals surface area contributed by atoms with Gasteiger partial charge in [0.05, 0.1) is 13.2 Å². The fraction of sp³-hybridized carbons (Fsp3) is 0.435. The quantitative estimate of drug-likeness (QED) is 0.732. The number of likely N-dealkylation sites (tertiary alicyclic amines) is 1. The van der Waals surface area contributed by atoms with Crippen LogP contribution in [0.4, 0.5) is 4.79 Å². The van der Waals surface area contributed by atoms with E-state index in [9.17, 15) is 4.79 Å². The molecule has 0 saturated carbocycles. The fourth-order valence-electron chi connectivity index (χ4n) is 3.85. The van der Waals surface area contributed by atoms with Crippen molar-refractivity contribution in [3.8, 4) is 5.75 Å². The Balaban J connectivity index is 1.52. The van der Waals surface area contributed by atoms with Gasteiger partial charge in [0.1, 0.15) is 5.75 Å². The van der Waals surface area contributed by atoms with E-state index >= 15 is 0 Å². The predicted octanol–water partition coefficient (Wildman–Crippen LogP) is 3.76. The molecule has 1 saturated heterocycles. The maximum absolute atomic E-state index is 12.5. The molecule has 2 aromatic carbocycles. The molecule has 1 aliphatic rings. The molecule has 0 aliphatic carbocycles. The number of ether oxygens (including phenoxy) is 1. The van der Waals surface area contributed by atoms with Gasteiger partial charge in [-0.2, -0.15) is 0 Å². The van der Waals surface area contributed by atoms with E-state index < -0.39 is 0 Å². The lowest BCUT2D eigenvalue weighted by Crippen LogP contribution is -2.45. The lowest BCUT2D eigenvalue weighted by Gasteiger charge is -2.28. The molecule has 2 N–H and O–H groups in total. The van der Waals surface area contributed by atoms with Crippen molar-refractivity contribution in [2.75, 3.05) is 26.7 Å². The van der Waals surface area contributed by atoms with Crippen LogP contribution in [0.25, 0.3) is 0 Å². The number of nitrogens with zero attached hydrogens (tertiary/aromatic N) is 1. The van der Waals surface area contributed by atoms with Crippen molar-refractivity contribution in [2.45, 2.75) is 38.3 Å². The van der Waals surface area contributed by atoms with Crippen molar-refractivity contribution < 1.29 is 9.53 Å². The summed E-state index contributed by atoms with van der Waals surface area (Å²) in [5.41, 5.74) is 2.40. The molecule has 1 aliphatic heterocycles. The Morgan fingerprint density at radius 1 is 1.11 bits per heavy atom. The van der Waals surface area contributed by atoms with Gasteiger partial charge in [-0.05, 0) is 62.5 Å². The van der Waals surface area contributed by atoms with Crippen LogP contribution in [0.15, 0.2) is 54.6 Å². The van der Waals surface area contributed by atoms with Crippen molar-refractivity contribution >= 4 is 6.03 Å². The van der Waals surface area contributed by atoms with Crippen LogP contribution in [0.2, 0.25) is 0 Å². The monoisotopic (exact) mass is 381 g/mol. The third kappa shape index (κ3) is 5.73. The van der Waals surface area contributed by atoms with Crippen LogP contribution in [0.3, 0.4) is 0 Å². The van der Waals surface area contributed by atoms with Gasteiger partial charge in [0.25, 0.3) is 0 Å². The molecule has 2 aromatic rings. The van der Waals surface area contributed by atoms with E-state index in [4.69, 9.17) is 4.74 Å². The average Bonchev–Trinajstić information content (AvgIpc) is 3.23. The molecule has 2 unspecified atom stereocenters. The highest BCUT2D eigenvalue weighted by Crippen LogP contribution is 2.24. The molecule has 0 aromatic heterocycles. The summed E-state index contributed by atoms with van der Waals surface area (Å²) in [6, 6.07) is 18.6. The molecule has 0 bridgehead atoms. The number of benzene rings is 2. The second kappa shape index (κ2) is 10.1. The summed E-state index contributed by atoms with van der Waals surface area (Å²) in [6.45, 7) is 4.82. The lowest BCUT2D eigenvalue weighted by molar-refractivity contribution is 0.219. The topological polar surface area (TPSA) is 53.6 Å². The van der Waals surface area contributed by atoms with Gasteiger partial charge in [-0.1, -0.05) is 42.5 Å². The molecule has 5 heteroatoms. The van der Waals surface area contributed by atoms with E-state index in [1.165, 1.54) is 18.4 Å². The minimum atomic E-state index is -0.115. The summed E-state index contributed by atoms with van der Waals surface area (Å²) >= 11 is 0. The minimum absolute atomic E-state index is 0.0362. The largest absolute Gasteiger partial charge is 0.497 e. The van der Waals surface area contributed by atoms with Gasteiger partial charge in [0.15, 0.2) is 0 Å². The number of rotatable bonds is 8. The van der Waals surface area contributed by atoms with Gasteiger partial charge < -0.3 is 15.4 Å². The van der Waals surface area contributed by atoms with Crippen LogP contribution in [0.5, 0.6) is 5.75 Å². The summed E-state index contributed by atoms with van der Waals surface area (Å²) in [5.74, 6) is 0.838. The normalized spacial score (nSPS) is 16.4. The fourth-order valence-corrected chi connectivity index (χ4v) is 3.85. The van der Waals surface area contributed by atoms with E-state index in [0.29, 0.717) is 6.54 Å². The van der Waals surface area contributed by atoms with Crippen LogP contribution < -0.4 is 15.4 Å². The standard InChI is InChI=1S/C23H31N3O2/c1-18(15-19-9-8-12-21(16-19)28-2)25-23(27)24-17-22(26-13-6-7-14-26)20-10-4-3-5-11-20/h3-5,8-12,16,18,22H,6-7,13-15,17H2,1-2H3,(H2,24,25,27). The van der Waals surface area contributed by atoms with Crippen LogP contribution in [-0.4, -0.2) is 43.7 Å². The number of urea groups is 1. The Labute approximate surface area is 168 Å². The highest BCUT2D eigenvalue weighted by molar-refractivity contribution is 5.74. The third-order valence-corrected chi connectivity index (χ3v) is 5.28. The van der Waals surface area contributed by atoms with Gasteiger partial charge in [-0.25, -0.2) is 4.79 Å². The van der Waals surface area contributed by atoms with Gasteiger partial charge in [-0.15, -0.1) is 0 Å². The SMILES string of the molecule is COc1cccc(CC(C)NC(=O)NCC(c2ccccc2)N2CCCC2)c1. The molecule has 5 nitrogen and oxygen atoms in total. The van der Waals surface area contributed by atoms with Crippen molar-refractivity contribution in [3.05, 3.63) is 65.7 Å². The molecular formula is C23H31N3O2. The maximum atomic E-state index is 12.5. The van der Waals surface area contributed by atoms with Gasteiger partial charge in [0, 0.05) is 12.6 Å². The molecule has 0 radical (unpaired) electrons. The van der Waals surface area contributed by atoms with Crippen LogP contribution in [-0.2, 0) is 6.42 Å². The number of methoxy groups -OCH3 is 1. The van der Waals surface area contributed by atoms with Crippen LogP contribution >= 0.6 is 0 Å². The molecule has 3 rings (SSSR count). The zero-order valence-electron chi connectivity index (χ0n) is 16.9. The summed E-state index contributed by atoms with van der Waals surface area (Å²) in [6.07, 6.45) is 3.22. The van der Waals surface area contributed by atoms with E-state index in [2.05, 4.69) is 45.9 Å². The van der Waals surface area contributed by atoms with Crippen molar-refractivity contribution in [2.24, 2.45) is 0 Å². The smallest absolute Gasteiger partial charge is 0.315 e. The second-order valence-corrected chi connectivity index (χ2v) is 7.48. The van der Waals surface area contributed by atoms with Gasteiger partial charge in [-0.3, -0.25) is 4.90 Å². The molecule has 2 amide bonds. The first-order valence-corrected chi connectivity index (χ1v) is 10.1. The highest BCUT2D eigenvalue weighted by Gasteiger charge is 2.23. The Bertz CT molecular complexity index is 745. The molecule has 1 heterocycles. The van der Waals surface area contributed by atoms with Crippen LogP contribution in [0, 0.1) is 0 Å². The van der Waals surface area contributed by atoms with E-state index in [1.54, 1.807) is 7.11 Å². The Morgan fingerprint density at radius 3 is 2.57 bits per heavy atom. The molecular weight excluding hydrogens is 350 g/mol. The molecule has 1 fully saturated rings. The number of nitrogens with one attached hydrogen (secondary N) is 2. The third-order valence-electron chi connectivity index (χ3n) is 5.28. The molecule has 0 spiro atoms. The first-order valence-electron chi connectivity index (χ1n) is 10.1. The summed E-state index contributed by atoms with van der Waals surface area (Å²) in [4.78, 5) is 14.9. The van der Waals surface area contributed by atoms with Gasteiger partial charge >= 0.3 is 6.03 Å². The van der Waals surface area contributed by atoms with E-state index in [1.807, 2.05) is 31.2 Å². The summed E-state index contributed by atoms with van der Waals surface area (Å²) in [5, 5.41) is 6.13. The van der Waals surface area contributed by atoms with Crippen molar-refractivity contribution in [3.63, 3.8) is 0 Å². The second-order valence-electron chi connectivity index (χ2n) is 7.48. The zero-order chi connectivity index (χ0) is 19.8. The number of hydrogen-bond donors (Lipinski definition) is 2. The maximum Gasteiger partial charge on any atom is 0.315 e. The molecule has 28 heavy (non-hydrogen) atoms. The first-order chi connectivity index (χ1) is 13.7. The number of carbonyl (C=O) groups is 1. The minimum Gasteiger partial charge on any atom is -0.497 e.